The maximum atomic E-state index is 3.84. The van der Waals surface area contributed by atoms with Gasteiger partial charge in [-0.25, -0.2) is 0 Å². The first-order valence-corrected chi connectivity index (χ1v) is 3.32. The molecular weight excluding hydrogens is 128 g/mol. The van der Waals surface area contributed by atoms with Crippen molar-refractivity contribution in [2.24, 2.45) is 0 Å². The summed E-state index contributed by atoms with van der Waals surface area (Å²) >= 11 is 0. The summed E-state index contributed by atoms with van der Waals surface area (Å²) in [5.41, 5.74) is 0.0492. The maximum absolute atomic E-state index is 3.84. The summed E-state index contributed by atoms with van der Waals surface area (Å²) < 4.78 is 1.92. The van der Waals surface area contributed by atoms with Gasteiger partial charge in [-0.15, -0.1) is 0 Å². The molecule has 0 saturated carbocycles. The van der Waals surface area contributed by atoms with Gasteiger partial charge in [-0.1, -0.05) is 5.21 Å². The van der Waals surface area contributed by atoms with Crippen molar-refractivity contribution in [1.29, 1.82) is 0 Å². The average molecular weight is 141 g/mol. The van der Waals surface area contributed by atoms with Gasteiger partial charge in [-0.3, -0.25) is 0 Å². The lowest BCUT2D eigenvalue weighted by Gasteiger charge is -2.13. The fraction of sp³-hybridized carbons (Fsp3) is 0.833. The summed E-state index contributed by atoms with van der Waals surface area (Å²) in [6.07, 6.45) is 0. The van der Waals surface area contributed by atoms with Crippen molar-refractivity contribution in [3.8, 4) is 0 Å². The minimum absolute atomic E-state index is 0.0492. The second kappa shape index (κ2) is 2.04. The largest absolute Gasteiger partial charge is 0.298 e. The van der Waals surface area contributed by atoms with Crippen LogP contribution in [0, 0.1) is 6.92 Å². The van der Waals surface area contributed by atoms with Crippen molar-refractivity contribution < 1.29 is 4.68 Å². The van der Waals surface area contributed by atoms with Crippen molar-refractivity contribution in [1.82, 2.24) is 15.5 Å². The second-order valence-corrected chi connectivity index (χ2v) is 3.35. The minimum Gasteiger partial charge on any atom is -0.157 e. The van der Waals surface area contributed by atoms with Gasteiger partial charge >= 0.3 is 0 Å². The van der Waals surface area contributed by atoms with E-state index in [4.69, 9.17) is 0 Å². The number of hydrogen-bond donors (Lipinski definition) is 1. The smallest absolute Gasteiger partial charge is 0.157 e. The fourth-order valence-corrected chi connectivity index (χ4v) is 0.892. The van der Waals surface area contributed by atoms with Crippen LogP contribution >= 0.6 is 0 Å². The monoisotopic (exact) mass is 141 g/mol. The molecule has 0 bridgehead atoms. The Hall–Kier alpha value is -0.930. The van der Waals surface area contributed by atoms with Crippen LogP contribution in [0.3, 0.4) is 0 Å². The summed E-state index contributed by atoms with van der Waals surface area (Å²) in [5, 5.41) is 10.3. The zero-order chi connectivity index (χ0) is 7.78. The molecule has 0 spiro atoms. The van der Waals surface area contributed by atoms with E-state index >= 15 is 0 Å². The van der Waals surface area contributed by atoms with Crippen LogP contribution in [0.2, 0.25) is 0 Å². The van der Waals surface area contributed by atoms with E-state index in [0.717, 1.165) is 5.82 Å². The van der Waals surface area contributed by atoms with Crippen molar-refractivity contribution in [2.45, 2.75) is 33.2 Å². The molecule has 0 saturated heterocycles. The van der Waals surface area contributed by atoms with E-state index in [1.165, 1.54) is 0 Å². The molecule has 0 radical (unpaired) electrons. The summed E-state index contributed by atoms with van der Waals surface area (Å²) in [5.74, 6) is 0.910. The van der Waals surface area contributed by atoms with E-state index in [9.17, 15) is 0 Å². The number of nitrogens with one attached hydrogen (secondary N) is 1. The SMILES string of the molecule is Cc1nn[nH][n+]1C(C)(C)C. The first kappa shape index (κ1) is 7.18. The van der Waals surface area contributed by atoms with Crippen LogP contribution in [0.1, 0.15) is 26.6 Å². The molecule has 1 aromatic heterocycles. The van der Waals surface area contributed by atoms with E-state index in [1.807, 2.05) is 11.6 Å². The Bertz CT molecular complexity index is 220. The molecule has 1 rings (SSSR count). The molecular formula is C6H13N4+. The summed E-state index contributed by atoms with van der Waals surface area (Å²) in [7, 11) is 0. The van der Waals surface area contributed by atoms with Crippen LogP contribution in [-0.2, 0) is 5.54 Å². The predicted octanol–water partition coefficient (Wildman–Crippen LogP) is 0.156. The van der Waals surface area contributed by atoms with Crippen LogP contribution < -0.4 is 4.68 Å². The highest BCUT2D eigenvalue weighted by molar-refractivity contribution is 4.60. The average Bonchev–Trinajstić information content (AvgIpc) is 2.11. The molecule has 1 aromatic rings. The van der Waals surface area contributed by atoms with Gasteiger partial charge in [0.05, 0.1) is 0 Å². The highest BCUT2D eigenvalue weighted by atomic mass is 15.6. The van der Waals surface area contributed by atoms with Crippen LogP contribution in [0.15, 0.2) is 0 Å². The zero-order valence-electron chi connectivity index (χ0n) is 6.84. The number of H-pyrrole nitrogens is 1. The molecule has 0 amide bonds. The molecule has 4 heteroatoms. The Labute approximate surface area is 60.2 Å². The zero-order valence-corrected chi connectivity index (χ0v) is 6.84. The highest BCUT2D eigenvalue weighted by Crippen LogP contribution is 2.01. The van der Waals surface area contributed by atoms with Gasteiger partial charge in [0.25, 0.3) is 5.82 Å². The molecule has 0 aromatic carbocycles. The Kier molecular flexibility index (Phi) is 1.46. The summed E-state index contributed by atoms with van der Waals surface area (Å²) in [6, 6.07) is 0. The van der Waals surface area contributed by atoms with Gasteiger partial charge in [0.1, 0.15) is 10.6 Å². The normalized spacial score (nSPS) is 12.0. The van der Waals surface area contributed by atoms with Gasteiger partial charge in [0, 0.05) is 6.92 Å². The lowest BCUT2D eigenvalue weighted by atomic mass is 10.1. The Balaban J connectivity index is 3.05. The van der Waals surface area contributed by atoms with Crippen LogP contribution in [0.25, 0.3) is 0 Å². The van der Waals surface area contributed by atoms with E-state index < -0.39 is 0 Å². The third kappa shape index (κ3) is 1.15. The summed E-state index contributed by atoms with van der Waals surface area (Å²) in [6.45, 7) is 8.22. The number of tetrazole rings is 1. The Morgan fingerprint density at radius 1 is 1.40 bits per heavy atom. The maximum Gasteiger partial charge on any atom is 0.298 e. The topological polar surface area (TPSA) is 45.5 Å². The van der Waals surface area contributed by atoms with Gasteiger partial charge in [-0.05, 0) is 20.8 Å². The van der Waals surface area contributed by atoms with E-state index in [-0.39, 0.29) is 5.54 Å². The number of hydrogen-bond acceptors (Lipinski definition) is 2. The van der Waals surface area contributed by atoms with Crippen molar-refractivity contribution in [3.63, 3.8) is 0 Å². The van der Waals surface area contributed by atoms with Crippen molar-refractivity contribution in [2.75, 3.05) is 0 Å². The lowest BCUT2D eigenvalue weighted by molar-refractivity contribution is -0.811. The van der Waals surface area contributed by atoms with Gasteiger partial charge in [0.15, 0.2) is 5.21 Å². The molecule has 0 fully saturated rings. The van der Waals surface area contributed by atoms with Gasteiger partial charge < -0.3 is 0 Å². The molecule has 0 aliphatic carbocycles. The molecule has 0 aliphatic heterocycles. The standard InChI is InChI=1S/C6H12N4/c1-5-7-8-9-10(5)6(2,3)4/h1-4H3/p+1. The van der Waals surface area contributed by atoms with E-state index in [1.54, 1.807) is 0 Å². The first-order chi connectivity index (χ1) is 4.52. The third-order valence-electron chi connectivity index (χ3n) is 1.33. The molecule has 1 N–H and O–H groups in total. The summed E-state index contributed by atoms with van der Waals surface area (Å²) in [4.78, 5) is 0. The molecule has 56 valence electrons. The van der Waals surface area contributed by atoms with Crippen LogP contribution in [0.4, 0.5) is 0 Å². The number of aromatic amines is 1. The quantitative estimate of drug-likeness (QED) is 0.523. The number of aryl methyl sites for hydroxylation is 1. The van der Waals surface area contributed by atoms with Gasteiger partial charge in [0.2, 0.25) is 0 Å². The minimum atomic E-state index is 0.0492. The van der Waals surface area contributed by atoms with Crippen molar-refractivity contribution in [3.05, 3.63) is 5.82 Å². The number of aromatic nitrogens is 4. The van der Waals surface area contributed by atoms with Crippen LogP contribution in [0.5, 0.6) is 0 Å². The molecule has 1 heterocycles. The molecule has 0 aliphatic rings. The predicted molar refractivity (Wildman–Crippen MR) is 36.3 cm³/mol. The van der Waals surface area contributed by atoms with E-state index in [2.05, 4.69) is 36.3 Å². The lowest BCUT2D eigenvalue weighted by Crippen LogP contribution is -2.53. The first-order valence-electron chi connectivity index (χ1n) is 3.32. The number of rotatable bonds is 0. The van der Waals surface area contributed by atoms with Crippen LogP contribution in [-0.4, -0.2) is 15.5 Å². The molecule has 0 atom stereocenters. The van der Waals surface area contributed by atoms with Crippen molar-refractivity contribution >= 4 is 0 Å². The Morgan fingerprint density at radius 2 is 2.00 bits per heavy atom. The third-order valence-corrected chi connectivity index (χ3v) is 1.33. The molecule has 10 heavy (non-hydrogen) atoms. The molecule has 0 unspecified atom stereocenters. The molecule has 4 nitrogen and oxygen atoms in total. The second-order valence-electron chi connectivity index (χ2n) is 3.35. The Morgan fingerprint density at radius 3 is 2.20 bits per heavy atom. The highest BCUT2D eigenvalue weighted by Gasteiger charge is 2.22. The number of nitrogens with zero attached hydrogens (tertiary/aromatic N) is 3. The van der Waals surface area contributed by atoms with E-state index in [0.29, 0.717) is 0 Å². The van der Waals surface area contributed by atoms with Gasteiger partial charge in [-0.2, -0.15) is 4.68 Å². The fourth-order valence-electron chi connectivity index (χ4n) is 0.892.